The summed E-state index contributed by atoms with van der Waals surface area (Å²) >= 11 is 0. The molecule has 1 saturated heterocycles. The highest BCUT2D eigenvalue weighted by Crippen LogP contribution is 2.29. The van der Waals surface area contributed by atoms with E-state index in [2.05, 4.69) is 23.0 Å². The summed E-state index contributed by atoms with van der Waals surface area (Å²) in [6.45, 7) is 5.78. The van der Waals surface area contributed by atoms with Crippen molar-refractivity contribution in [3.63, 3.8) is 0 Å². The molecule has 0 bridgehead atoms. The number of piperidine rings is 1. The first-order valence-corrected chi connectivity index (χ1v) is 6.62. The number of aryl methyl sites for hydroxylation is 1. The maximum Gasteiger partial charge on any atom is 0.111 e. The SMILES string of the molecule is C[C@@H]1CCCn2cc([C@@H]3CCCNC3)nc21. The number of rotatable bonds is 1. The van der Waals surface area contributed by atoms with E-state index in [1.807, 2.05) is 0 Å². The van der Waals surface area contributed by atoms with Gasteiger partial charge in [-0.25, -0.2) is 4.98 Å². The van der Waals surface area contributed by atoms with Crippen molar-refractivity contribution < 1.29 is 0 Å². The molecule has 0 saturated carbocycles. The molecule has 1 aromatic rings. The average Bonchev–Trinajstić information content (AvgIpc) is 2.76. The number of hydrogen-bond donors (Lipinski definition) is 1. The Morgan fingerprint density at radius 3 is 3.06 bits per heavy atom. The zero-order valence-electron chi connectivity index (χ0n) is 10.1. The van der Waals surface area contributed by atoms with Crippen LogP contribution in [0.4, 0.5) is 0 Å². The van der Waals surface area contributed by atoms with Gasteiger partial charge in [0, 0.05) is 31.1 Å². The number of imidazole rings is 1. The third-order valence-corrected chi connectivity index (χ3v) is 4.02. The van der Waals surface area contributed by atoms with Crippen molar-refractivity contribution in [3.05, 3.63) is 17.7 Å². The predicted molar refractivity (Wildman–Crippen MR) is 64.7 cm³/mol. The number of fused-ring (bicyclic) bond motifs is 1. The van der Waals surface area contributed by atoms with Crippen LogP contribution in [0.15, 0.2) is 6.20 Å². The molecule has 0 unspecified atom stereocenters. The molecule has 0 aromatic carbocycles. The van der Waals surface area contributed by atoms with Crippen LogP contribution in [0.25, 0.3) is 0 Å². The first-order chi connectivity index (χ1) is 7.84. The number of nitrogens with zero attached hydrogens (tertiary/aromatic N) is 2. The molecule has 3 nitrogen and oxygen atoms in total. The Hall–Kier alpha value is -0.830. The van der Waals surface area contributed by atoms with Crippen molar-refractivity contribution in [1.29, 1.82) is 0 Å². The van der Waals surface area contributed by atoms with Gasteiger partial charge < -0.3 is 9.88 Å². The van der Waals surface area contributed by atoms with Gasteiger partial charge in [0.2, 0.25) is 0 Å². The lowest BCUT2D eigenvalue weighted by Gasteiger charge is -2.20. The summed E-state index contributed by atoms with van der Waals surface area (Å²) in [6, 6.07) is 0. The second-order valence-corrected chi connectivity index (χ2v) is 5.30. The van der Waals surface area contributed by atoms with E-state index in [0.29, 0.717) is 11.8 Å². The summed E-state index contributed by atoms with van der Waals surface area (Å²) < 4.78 is 2.39. The van der Waals surface area contributed by atoms with E-state index in [4.69, 9.17) is 4.98 Å². The first kappa shape index (κ1) is 10.3. The van der Waals surface area contributed by atoms with Gasteiger partial charge in [0.25, 0.3) is 0 Å². The van der Waals surface area contributed by atoms with Gasteiger partial charge in [-0.3, -0.25) is 0 Å². The Balaban J connectivity index is 1.85. The van der Waals surface area contributed by atoms with Gasteiger partial charge in [-0.1, -0.05) is 6.92 Å². The molecule has 2 aliphatic rings. The minimum Gasteiger partial charge on any atom is -0.334 e. The highest BCUT2D eigenvalue weighted by Gasteiger charge is 2.23. The van der Waals surface area contributed by atoms with Crippen LogP contribution in [0.2, 0.25) is 0 Å². The van der Waals surface area contributed by atoms with Crippen molar-refractivity contribution >= 4 is 0 Å². The van der Waals surface area contributed by atoms with Crippen LogP contribution in [-0.2, 0) is 6.54 Å². The van der Waals surface area contributed by atoms with Gasteiger partial charge in [0.15, 0.2) is 0 Å². The molecule has 16 heavy (non-hydrogen) atoms. The molecule has 3 heterocycles. The quantitative estimate of drug-likeness (QED) is 0.785. The highest BCUT2D eigenvalue weighted by atomic mass is 15.1. The zero-order chi connectivity index (χ0) is 11.0. The van der Waals surface area contributed by atoms with Crippen LogP contribution < -0.4 is 5.32 Å². The van der Waals surface area contributed by atoms with Crippen molar-refractivity contribution in [2.24, 2.45) is 0 Å². The van der Waals surface area contributed by atoms with E-state index in [1.165, 1.54) is 50.3 Å². The van der Waals surface area contributed by atoms with Crippen LogP contribution >= 0.6 is 0 Å². The summed E-state index contributed by atoms with van der Waals surface area (Å²) in [5.74, 6) is 2.63. The summed E-state index contributed by atoms with van der Waals surface area (Å²) in [5, 5.41) is 3.48. The molecule has 0 aliphatic carbocycles. The molecule has 1 N–H and O–H groups in total. The molecule has 1 fully saturated rings. The van der Waals surface area contributed by atoms with Crippen LogP contribution in [0.1, 0.15) is 56.0 Å². The minimum atomic E-state index is 0.652. The topological polar surface area (TPSA) is 29.9 Å². The Morgan fingerprint density at radius 2 is 2.31 bits per heavy atom. The largest absolute Gasteiger partial charge is 0.334 e. The van der Waals surface area contributed by atoms with Crippen LogP contribution in [-0.4, -0.2) is 22.6 Å². The average molecular weight is 219 g/mol. The fourth-order valence-electron chi connectivity index (χ4n) is 3.02. The number of nitrogens with one attached hydrogen (secondary N) is 1. The molecule has 0 radical (unpaired) electrons. The Bertz CT molecular complexity index is 363. The Kier molecular flexibility index (Phi) is 2.72. The Morgan fingerprint density at radius 1 is 1.38 bits per heavy atom. The molecular weight excluding hydrogens is 198 g/mol. The normalized spacial score (nSPS) is 30.1. The smallest absolute Gasteiger partial charge is 0.111 e. The van der Waals surface area contributed by atoms with Gasteiger partial charge >= 0.3 is 0 Å². The van der Waals surface area contributed by atoms with E-state index in [-0.39, 0.29) is 0 Å². The van der Waals surface area contributed by atoms with Crippen LogP contribution in [0.3, 0.4) is 0 Å². The van der Waals surface area contributed by atoms with Crippen molar-refractivity contribution in [3.8, 4) is 0 Å². The molecule has 2 atom stereocenters. The first-order valence-electron chi connectivity index (χ1n) is 6.62. The Labute approximate surface area is 97.3 Å². The van der Waals surface area contributed by atoms with Crippen molar-refractivity contribution in [2.75, 3.05) is 13.1 Å². The highest BCUT2D eigenvalue weighted by molar-refractivity contribution is 5.14. The zero-order valence-corrected chi connectivity index (χ0v) is 10.1. The lowest BCUT2D eigenvalue weighted by atomic mass is 9.97. The van der Waals surface area contributed by atoms with Crippen LogP contribution in [0, 0.1) is 0 Å². The van der Waals surface area contributed by atoms with Gasteiger partial charge in [-0.05, 0) is 32.2 Å². The fraction of sp³-hybridized carbons (Fsp3) is 0.769. The monoisotopic (exact) mass is 219 g/mol. The molecule has 3 heteroatoms. The van der Waals surface area contributed by atoms with E-state index in [0.717, 1.165) is 6.54 Å². The maximum atomic E-state index is 4.88. The van der Waals surface area contributed by atoms with E-state index < -0.39 is 0 Å². The number of aromatic nitrogens is 2. The molecular formula is C13H21N3. The fourth-order valence-corrected chi connectivity index (χ4v) is 3.02. The van der Waals surface area contributed by atoms with Gasteiger partial charge in [-0.2, -0.15) is 0 Å². The van der Waals surface area contributed by atoms with E-state index in [9.17, 15) is 0 Å². The second kappa shape index (κ2) is 4.21. The third-order valence-electron chi connectivity index (χ3n) is 4.02. The van der Waals surface area contributed by atoms with E-state index in [1.54, 1.807) is 0 Å². The second-order valence-electron chi connectivity index (χ2n) is 5.30. The molecule has 0 amide bonds. The lowest BCUT2D eigenvalue weighted by molar-refractivity contribution is 0.454. The molecule has 1 aromatic heterocycles. The van der Waals surface area contributed by atoms with Crippen molar-refractivity contribution in [2.45, 2.75) is 51.0 Å². The van der Waals surface area contributed by atoms with Gasteiger partial charge in [0.05, 0.1) is 5.69 Å². The van der Waals surface area contributed by atoms with Crippen LogP contribution in [0.5, 0.6) is 0 Å². The number of hydrogen-bond acceptors (Lipinski definition) is 2. The summed E-state index contributed by atoms with van der Waals surface area (Å²) in [7, 11) is 0. The summed E-state index contributed by atoms with van der Waals surface area (Å²) in [6.07, 6.45) is 7.52. The standard InChI is InChI=1S/C13H21N3/c1-10-4-3-7-16-9-12(15-13(10)16)11-5-2-6-14-8-11/h9-11,14H,2-8H2,1H3/t10-,11-/m1/s1. The third kappa shape index (κ3) is 1.77. The lowest BCUT2D eigenvalue weighted by Crippen LogP contribution is -2.28. The van der Waals surface area contributed by atoms with Gasteiger partial charge in [0.1, 0.15) is 5.82 Å². The molecule has 88 valence electrons. The maximum absolute atomic E-state index is 4.88. The van der Waals surface area contributed by atoms with Gasteiger partial charge in [-0.15, -0.1) is 0 Å². The van der Waals surface area contributed by atoms with E-state index >= 15 is 0 Å². The predicted octanol–water partition coefficient (Wildman–Crippen LogP) is 2.25. The molecule has 0 spiro atoms. The summed E-state index contributed by atoms with van der Waals surface area (Å²) in [4.78, 5) is 4.88. The summed E-state index contributed by atoms with van der Waals surface area (Å²) in [5.41, 5.74) is 1.33. The van der Waals surface area contributed by atoms with Crippen molar-refractivity contribution in [1.82, 2.24) is 14.9 Å². The molecule has 3 rings (SSSR count). The minimum absolute atomic E-state index is 0.652. The molecule has 2 aliphatic heterocycles.